The Morgan fingerprint density at radius 3 is 2.07 bits per heavy atom. The van der Waals surface area contributed by atoms with Crippen LogP contribution in [0.2, 0.25) is 0 Å². The molecule has 1 aliphatic carbocycles. The molecule has 2 aliphatic rings. The maximum Gasteiger partial charge on any atom is 0.415 e. The molecule has 0 radical (unpaired) electrons. The number of ether oxygens (including phenoxy) is 7. The van der Waals surface area contributed by atoms with Gasteiger partial charge in [-0.05, 0) is 144 Å². The Morgan fingerprint density at radius 2 is 1.42 bits per heavy atom. The zero-order valence-corrected chi connectivity index (χ0v) is 43.9. The predicted octanol–water partition coefficient (Wildman–Crippen LogP) is 9.30. The molecule has 5 atom stereocenters. The number of hydrogen-bond acceptors (Lipinski definition) is 14. The van der Waals surface area contributed by atoms with Crippen molar-refractivity contribution in [1.29, 1.82) is 0 Å². The van der Waals surface area contributed by atoms with Crippen LogP contribution in [0.25, 0.3) is 11.0 Å². The monoisotopic (exact) mass is 986 g/mol. The van der Waals surface area contributed by atoms with Crippen molar-refractivity contribution in [2.75, 3.05) is 51.8 Å². The van der Waals surface area contributed by atoms with E-state index in [-0.39, 0.29) is 30.6 Å². The van der Waals surface area contributed by atoms with Gasteiger partial charge < -0.3 is 52.8 Å². The van der Waals surface area contributed by atoms with E-state index in [4.69, 9.17) is 38.1 Å². The molecule has 2 aromatic heterocycles. The second-order valence-electron chi connectivity index (χ2n) is 21.8. The van der Waals surface area contributed by atoms with Gasteiger partial charge in [-0.25, -0.2) is 29.1 Å². The summed E-state index contributed by atoms with van der Waals surface area (Å²) in [5.74, 6) is 0.326. The van der Waals surface area contributed by atoms with E-state index in [1.54, 1.807) is 32.7 Å². The molecule has 388 valence electrons. The normalized spacial score (nSPS) is 19.2. The fourth-order valence-corrected chi connectivity index (χ4v) is 8.91. The summed E-state index contributed by atoms with van der Waals surface area (Å²) >= 11 is 0. The number of alkyl carbamates (subject to hydrolysis) is 1. The molecule has 1 saturated carbocycles. The van der Waals surface area contributed by atoms with Gasteiger partial charge in [0, 0.05) is 45.3 Å². The van der Waals surface area contributed by atoms with Gasteiger partial charge in [0.1, 0.15) is 52.4 Å². The number of methoxy groups -OCH3 is 1. The summed E-state index contributed by atoms with van der Waals surface area (Å²) < 4.78 is 43.6. The summed E-state index contributed by atoms with van der Waals surface area (Å²) in [6.45, 7) is 22.3. The van der Waals surface area contributed by atoms with E-state index >= 15 is 0 Å². The average Bonchev–Trinajstić information content (AvgIpc) is 3.95. The third-order valence-electron chi connectivity index (χ3n) is 11.9. The Labute approximate surface area is 418 Å². The van der Waals surface area contributed by atoms with E-state index in [0.29, 0.717) is 74.6 Å². The Kier molecular flexibility index (Phi) is 17.3. The van der Waals surface area contributed by atoms with Gasteiger partial charge in [0.15, 0.2) is 11.6 Å². The lowest BCUT2D eigenvalue weighted by atomic mass is 10.0. The lowest BCUT2D eigenvalue weighted by Crippen LogP contribution is -2.46. The number of para-hydroxylation sites is 1. The topological polar surface area (TPSA) is 185 Å². The van der Waals surface area contributed by atoms with Gasteiger partial charge in [-0.1, -0.05) is 30.3 Å². The zero-order valence-electron chi connectivity index (χ0n) is 43.9. The maximum absolute atomic E-state index is 13.8. The first kappa shape index (κ1) is 54.4. The van der Waals surface area contributed by atoms with Crippen LogP contribution in [0.4, 0.5) is 20.2 Å². The van der Waals surface area contributed by atoms with E-state index in [0.717, 1.165) is 11.3 Å². The van der Waals surface area contributed by atoms with Gasteiger partial charge in [0.2, 0.25) is 0 Å². The SMILES string of the molecule is COC(=O)[C@H](CCN(CCCN(CCc1ccc(Oc2ccccc2)cc1)C(=O)OC(C)(C)C)C[C@H]1C[C@@H](n2ccc3c(N(C)C(=O)OC(C)(C)C)ncnc32)[C@@H]2OC(C)(C)O[C@H]12)NC(=O)OC(C)(C)C. The lowest BCUT2D eigenvalue weighted by molar-refractivity contribution is -0.161. The molecule has 1 aliphatic heterocycles. The van der Waals surface area contributed by atoms with Gasteiger partial charge >= 0.3 is 24.2 Å². The molecule has 3 amide bonds. The van der Waals surface area contributed by atoms with Crippen LogP contribution in [0.1, 0.15) is 107 Å². The van der Waals surface area contributed by atoms with Crippen LogP contribution in [0.15, 0.2) is 73.2 Å². The van der Waals surface area contributed by atoms with E-state index < -0.39 is 52.9 Å². The van der Waals surface area contributed by atoms with E-state index in [1.807, 2.05) is 122 Å². The Hall–Kier alpha value is -5.98. The number of nitrogens with zero attached hydrogens (tertiary/aromatic N) is 6. The number of rotatable bonds is 18. The molecule has 2 fully saturated rings. The quantitative estimate of drug-likeness (QED) is 0.0734. The van der Waals surface area contributed by atoms with Crippen molar-refractivity contribution in [3.05, 3.63) is 78.8 Å². The number of esters is 1. The van der Waals surface area contributed by atoms with Crippen molar-refractivity contribution in [3.63, 3.8) is 0 Å². The lowest BCUT2D eigenvalue weighted by Gasteiger charge is -2.31. The van der Waals surface area contributed by atoms with Crippen molar-refractivity contribution >= 4 is 41.1 Å². The van der Waals surface area contributed by atoms with Gasteiger partial charge in [-0.3, -0.25) is 4.90 Å². The number of aromatic nitrogens is 3. The molecule has 2 aromatic carbocycles. The third-order valence-corrected chi connectivity index (χ3v) is 11.9. The second-order valence-corrected chi connectivity index (χ2v) is 21.8. The fraction of sp³-hybridized carbons (Fsp3) is 0.585. The molecule has 71 heavy (non-hydrogen) atoms. The first-order chi connectivity index (χ1) is 33.3. The van der Waals surface area contributed by atoms with Crippen LogP contribution < -0.4 is 15.0 Å². The molecular weight excluding hydrogens is 911 g/mol. The summed E-state index contributed by atoms with van der Waals surface area (Å²) in [4.78, 5) is 67.6. The summed E-state index contributed by atoms with van der Waals surface area (Å²) in [5.41, 5.74) is -0.519. The van der Waals surface area contributed by atoms with Crippen LogP contribution in [0, 0.1) is 5.92 Å². The van der Waals surface area contributed by atoms with Crippen LogP contribution >= 0.6 is 0 Å². The molecule has 6 rings (SSSR count). The fourth-order valence-electron chi connectivity index (χ4n) is 8.91. The summed E-state index contributed by atoms with van der Waals surface area (Å²) in [6.07, 6.45) is 3.04. The highest BCUT2D eigenvalue weighted by molar-refractivity contribution is 5.97. The maximum atomic E-state index is 13.8. The first-order valence-electron chi connectivity index (χ1n) is 24.5. The van der Waals surface area contributed by atoms with Crippen molar-refractivity contribution in [2.24, 2.45) is 5.92 Å². The van der Waals surface area contributed by atoms with E-state index in [9.17, 15) is 19.2 Å². The molecule has 0 bridgehead atoms. The smallest absolute Gasteiger partial charge is 0.415 e. The number of fused-ring (bicyclic) bond motifs is 2. The molecular formula is C53H75N7O11. The molecule has 3 heterocycles. The molecule has 18 heteroatoms. The summed E-state index contributed by atoms with van der Waals surface area (Å²) in [5, 5.41) is 3.40. The van der Waals surface area contributed by atoms with E-state index in [1.165, 1.54) is 18.3 Å². The minimum Gasteiger partial charge on any atom is -0.467 e. The molecule has 0 spiro atoms. The van der Waals surface area contributed by atoms with Gasteiger partial charge in [-0.2, -0.15) is 0 Å². The Balaban J connectivity index is 1.23. The van der Waals surface area contributed by atoms with Crippen LogP contribution in [-0.4, -0.2) is 136 Å². The molecule has 18 nitrogen and oxygen atoms in total. The zero-order chi connectivity index (χ0) is 51.9. The molecule has 4 aromatic rings. The Morgan fingerprint density at radius 1 is 0.789 bits per heavy atom. The van der Waals surface area contributed by atoms with Gasteiger partial charge in [0.05, 0.1) is 24.6 Å². The van der Waals surface area contributed by atoms with Crippen molar-refractivity contribution in [3.8, 4) is 11.5 Å². The number of nitrogens with one attached hydrogen (secondary N) is 1. The van der Waals surface area contributed by atoms with Crippen LogP contribution in [-0.2, 0) is 39.6 Å². The van der Waals surface area contributed by atoms with Crippen molar-refractivity contribution in [1.82, 2.24) is 29.7 Å². The van der Waals surface area contributed by atoms with Crippen LogP contribution in [0.3, 0.4) is 0 Å². The third kappa shape index (κ3) is 15.5. The predicted molar refractivity (Wildman–Crippen MR) is 268 cm³/mol. The minimum absolute atomic E-state index is 0.0684. The highest BCUT2D eigenvalue weighted by Gasteiger charge is 2.55. The first-order valence-corrected chi connectivity index (χ1v) is 24.5. The average molecular weight is 986 g/mol. The summed E-state index contributed by atoms with van der Waals surface area (Å²) in [7, 11) is 2.91. The molecule has 1 saturated heterocycles. The number of anilines is 1. The van der Waals surface area contributed by atoms with Gasteiger partial charge in [0.25, 0.3) is 0 Å². The molecule has 1 N–H and O–H groups in total. The van der Waals surface area contributed by atoms with Gasteiger partial charge in [-0.15, -0.1) is 0 Å². The summed E-state index contributed by atoms with van der Waals surface area (Å²) in [6, 6.07) is 18.1. The number of amides is 3. The number of carbonyl (C=O) groups is 4. The van der Waals surface area contributed by atoms with E-state index in [2.05, 4.69) is 19.8 Å². The standard InChI is InChI=1S/C53H75N7O11/c1-50(2,3)69-47(62)56-40(46(61)65-13)26-29-58(27-17-28-59(49(64)71-52(7,8)9)30-24-35-20-22-38(23-21-35)66-37-18-15-14-16-19-37)33-36-32-41(43-42(36)67-53(10,11)68-43)60-31-25-39-44(54-34-55-45(39)60)57(12)48(63)70-51(4,5)6/h14-16,18-23,25,31,34,36,40-43H,17,24,26-30,32-33H2,1-13H3,(H,56,62)/t36-,40+,41-,42-,43+/m1/s1. The minimum atomic E-state index is -0.993. The second kappa shape index (κ2) is 22.6. The van der Waals surface area contributed by atoms with Crippen molar-refractivity contribution in [2.45, 2.75) is 149 Å². The number of benzene rings is 2. The highest BCUT2D eigenvalue weighted by Crippen LogP contribution is 2.48. The molecule has 0 unspecified atom stereocenters. The Bertz CT molecular complexity index is 2430. The number of carbonyl (C=O) groups excluding carboxylic acids is 4. The largest absolute Gasteiger partial charge is 0.467 e. The van der Waals surface area contributed by atoms with Crippen LogP contribution in [0.5, 0.6) is 11.5 Å². The number of hydrogen-bond donors (Lipinski definition) is 1. The van der Waals surface area contributed by atoms with Crippen molar-refractivity contribution < 1.29 is 52.3 Å². The highest BCUT2D eigenvalue weighted by atomic mass is 16.8.